The first-order chi connectivity index (χ1) is 14.7. The van der Waals surface area contributed by atoms with Crippen LogP contribution in [0.5, 0.6) is 5.75 Å². The fraction of sp³-hybridized carbons (Fsp3) is 0.640. The van der Waals surface area contributed by atoms with E-state index in [0.717, 1.165) is 30.4 Å². The molecule has 6 heteroatoms. The van der Waals surface area contributed by atoms with Crippen molar-refractivity contribution < 1.29 is 24.9 Å². The minimum Gasteiger partial charge on any atom is -0.508 e. The Kier molecular flexibility index (Phi) is 10.0. The van der Waals surface area contributed by atoms with Gasteiger partial charge in [-0.05, 0) is 69.1 Å². The monoisotopic (exact) mass is 433 g/mol. The van der Waals surface area contributed by atoms with Crippen molar-refractivity contribution in [1.29, 1.82) is 0 Å². The second-order valence-corrected chi connectivity index (χ2v) is 9.26. The molecule has 2 bridgehead atoms. The lowest BCUT2D eigenvalue weighted by Gasteiger charge is -2.21. The standard InChI is InChI=1S/C25H39NO5/c1-16-5-8-24(29)18(3)9-17(2)11-23(31-4)7-6-21(27)15-25(30)26-20-12-19(10-16)13-22(28)14-20/h9,12-14,16,18,21,23-24,27-29H,5-8,10-11,15H2,1-4H3,(H,26,30)/b17-9+. The van der Waals surface area contributed by atoms with Crippen molar-refractivity contribution in [3.63, 3.8) is 0 Å². The van der Waals surface area contributed by atoms with Crippen LogP contribution in [0.3, 0.4) is 0 Å². The third-order valence-electron chi connectivity index (χ3n) is 6.08. The molecule has 2 rings (SSSR count). The second kappa shape index (κ2) is 12.2. The normalized spacial score (nSPS) is 31.5. The van der Waals surface area contributed by atoms with Crippen molar-refractivity contribution in [1.82, 2.24) is 0 Å². The largest absolute Gasteiger partial charge is 0.508 e. The molecule has 1 amide bonds. The van der Waals surface area contributed by atoms with Gasteiger partial charge in [0.2, 0.25) is 5.91 Å². The highest BCUT2D eigenvalue weighted by molar-refractivity contribution is 5.91. The first-order valence-electron chi connectivity index (χ1n) is 11.3. The van der Waals surface area contributed by atoms with E-state index >= 15 is 0 Å². The van der Waals surface area contributed by atoms with Crippen molar-refractivity contribution in [3.05, 3.63) is 35.4 Å². The van der Waals surface area contributed by atoms with Crippen LogP contribution in [0.15, 0.2) is 29.8 Å². The number of ether oxygens (including phenoxy) is 1. The number of benzene rings is 1. The van der Waals surface area contributed by atoms with E-state index in [2.05, 4.69) is 18.3 Å². The Morgan fingerprint density at radius 1 is 1.00 bits per heavy atom. The highest BCUT2D eigenvalue weighted by atomic mass is 16.5. The first-order valence-corrected chi connectivity index (χ1v) is 11.3. The third kappa shape index (κ3) is 9.01. The molecule has 0 radical (unpaired) electrons. The van der Waals surface area contributed by atoms with E-state index in [0.29, 0.717) is 30.9 Å². The van der Waals surface area contributed by atoms with Crippen LogP contribution in [0.4, 0.5) is 5.69 Å². The summed E-state index contributed by atoms with van der Waals surface area (Å²) in [5.74, 6) is 0.186. The van der Waals surface area contributed by atoms with Crippen LogP contribution in [0.1, 0.15) is 64.9 Å². The average Bonchev–Trinajstić information content (AvgIpc) is 2.67. The SMILES string of the molecule is COC1CCC(O)CC(=O)Nc2cc(O)cc(c2)CC(C)CCC(O)C(C)/C=C(\C)C1. The van der Waals surface area contributed by atoms with Crippen molar-refractivity contribution in [2.75, 3.05) is 12.4 Å². The van der Waals surface area contributed by atoms with Gasteiger partial charge in [-0.15, -0.1) is 0 Å². The summed E-state index contributed by atoms with van der Waals surface area (Å²) in [6, 6.07) is 5.09. The van der Waals surface area contributed by atoms with Crippen LogP contribution in [0.2, 0.25) is 0 Å². The molecule has 0 aromatic heterocycles. The lowest BCUT2D eigenvalue weighted by atomic mass is 9.90. The van der Waals surface area contributed by atoms with Gasteiger partial charge in [0.1, 0.15) is 5.75 Å². The number of carbonyl (C=O) groups excluding carboxylic acids is 1. The van der Waals surface area contributed by atoms with Gasteiger partial charge in [0, 0.05) is 24.8 Å². The van der Waals surface area contributed by atoms with Crippen LogP contribution in [-0.4, -0.2) is 46.6 Å². The third-order valence-corrected chi connectivity index (χ3v) is 6.08. The van der Waals surface area contributed by atoms with Crippen molar-refractivity contribution >= 4 is 11.6 Å². The summed E-state index contributed by atoms with van der Waals surface area (Å²) in [5.41, 5.74) is 2.62. The number of amides is 1. The number of aromatic hydroxyl groups is 1. The Morgan fingerprint density at radius 3 is 2.45 bits per heavy atom. The number of phenols is 1. The predicted octanol–water partition coefficient (Wildman–Crippen LogP) is 4.18. The molecule has 1 aliphatic rings. The molecule has 4 N–H and O–H groups in total. The number of rotatable bonds is 1. The zero-order valence-electron chi connectivity index (χ0n) is 19.3. The molecule has 1 heterocycles. The summed E-state index contributed by atoms with van der Waals surface area (Å²) in [5, 5.41) is 33.8. The molecule has 0 saturated heterocycles. The molecule has 0 saturated carbocycles. The average molecular weight is 434 g/mol. The molecular formula is C25H39NO5. The second-order valence-electron chi connectivity index (χ2n) is 9.26. The molecule has 0 fully saturated rings. The Labute approximate surface area is 186 Å². The minimum atomic E-state index is -0.762. The van der Waals surface area contributed by atoms with E-state index in [9.17, 15) is 20.1 Å². The maximum absolute atomic E-state index is 12.4. The van der Waals surface area contributed by atoms with E-state index in [-0.39, 0.29) is 30.1 Å². The predicted molar refractivity (Wildman–Crippen MR) is 123 cm³/mol. The summed E-state index contributed by atoms with van der Waals surface area (Å²) in [6.07, 6.45) is 5.02. The smallest absolute Gasteiger partial charge is 0.226 e. The Morgan fingerprint density at radius 2 is 1.74 bits per heavy atom. The van der Waals surface area contributed by atoms with Gasteiger partial charge in [-0.2, -0.15) is 0 Å². The van der Waals surface area contributed by atoms with Gasteiger partial charge < -0.3 is 25.4 Å². The van der Waals surface area contributed by atoms with Gasteiger partial charge in [-0.3, -0.25) is 4.79 Å². The minimum absolute atomic E-state index is 0.00409. The van der Waals surface area contributed by atoms with E-state index in [1.54, 1.807) is 13.2 Å². The summed E-state index contributed by atoms with van der Waals surface area (Å²) < 4.78 is 5.57. The number of fused-ring (bicyclic) bond motifs is 2. The van der Waals surface area contributed by atoms with E-state index in [4.69, 9.17) is 4.74 Å². The van der Waals surface area contributed by atoms with Crippen LogP contribution in [0, 0.1) is 11.8 Å². The summed E-state index contributed by atoms with van der Waals surface area (Å²) in [4.78, 5) is 12.4. The molecule has 174 valence electrons. The molecule has 1 aliphatic heterocycles. The molecular weight excluding hydrogens is 394 g/mol. The number of phenolic OH excluding ortho intramolecular Hbond substituents is 1. The zero-order chi connectivity index (χ0) is 23.0. The maximum atomic E-state index is 12.4. The number of hydrogen-bond donors (Lipinski definition) is 4. The van der Waals surface area contributed by atoms with Gasteiger partial charge >= 0.3 is 0 Å². The van der Waals surface area contributed by atoms with Gasteiger partial charge in [0.25, 0.3) is 0 Å². The Bertz CT molecular complexity index is 747. The van der Waals surface area contributed by atoms with Crippen LogP contribution in [0.25, 0.3) is 0 Å². The molecule has 5 atom stereocenters. The lowest BCUT2D eigenvalue weighted by molar-refractivity contribution is -0.118. The highest BCUT2D eigenvalue weighted by Gasteiger charge is 2.18. The number of methoxy groups -OCH3 is 1. The molecule has 6 nitrogen and oxygen atoms in total. The van der Waals surface area contributed by atoms with E-state index < -0.39 is 12.2 Å². The maximum Gasteiger partial charge on any atom is 0.226 e. The molecule has 0 aliphatic carbocycles. The number of aliphatic hydroxyl groups excluding tert-OH is 2. The fourth-order valence-electron chi connectivity index (χ4n) is 4.28. The Hall–Kier alpha value is -1.89. The lowest BCUT2D eigenvalue weighted by Crippen LogP contribution is -2.22. The van der Waals surface area contributed by atoms with Gasteiger partial charge in [-0.25, -0.2) is 0 Å². The van der Waals surface area contributed by atoms with Crippen molar-refractivity contribution in [3.8, 4) is 5.75 Å². The number of carbonyl (C=O) groups is 1. The van der Waals surface area contributed by atoms with Crippen molar-refractivity contribution in [2.24, 2.45) is 11.8 Å². The molecule has 5 unspecified atom stereocenters. The summed E-state index contributed by atoms with van der Waals surface area (Å²) in [6.45, 7) is 6.21. The molecule has 0 spiro atoms. The molecule has 1 aromatic carbocycles. The highest BCUT2D eigenvalue weighted by Crippen LogP contribution is 2.25. The molecule has 31 heavy (non-hydrogen) atoms. The number of nitrogens with one attached hydrogen (secondary N) is 1. The number of aliphatic hydroxyl groups is 2. The number of hydrogen-bond acceptors (Lipinski definition) is 5. The van der Waals surface area contributed by atoms with Crippen molar-refractivity contribution in [2.45, 2.75) is 84.0 Å². The number of anilines is 1. The summed E-state index contributed by atoms with van der Waals surface area (Å²) in [7, 11) is 1.66. The van der Waals surface area contributed by atoms with E-state index in [1.165, 1.54) is 6.07 Å². The Balaban J connectivity index is 2.20. The summed E-state index contributed by atoms with van der Waals surface area (Å²) >= 11 is 0. The fourth-order valence-corrected chi connectivity index (χ4v) is 4.28. The van der Waals surface area contributed by atoms with Gasteiger partial charge in [-0.1, -0.05) is 25.5 Å². The van der Waals surface area contributed by atoms with Gasteiger partial charge in [0.15, 0.2) is 0 Å². The van der Waals surface area contributed by atoms with Crippen LogP contribution >= 0.6 is 0 Å². The van der Waals surface area contributed by atoms with E-state index in [1.807, 2.05) is 19.9 Å². The van der Waals surface area contributed by atoms with Gasteiger partial charge in [0.05, 0.1) is 24.7 Å². The quantitative estimate of drug-likeness (QED) is 0.498. The zero-order valence-corrected chi connectivity index (χ0v) is 19.3. The molecule has 1 aromatic rings. The van der Waals surface area contributed by atoms with Crippen LogP contribution < -0.4 is 5.32 Å². The topological polar surface area (TPSA) is 99.0 Å². The first kappa shape index (κ1) is 25.4. The van der Waals surface area contributed by atoms with Crippen LogP contribution in [-0.2, 0) is 16.0 Å².